The highest BCUT2D eigenvalue weighted by Crippen LogP contribution is 2.10. The second-order valence-corrected chi connectivity index (χ2v) is 4.75. The summed E-state index contributed by atoms with van der Waals surface area (Å²) in [4.78, 5) is 11.6. The van der Waals surface area contributed by atoms with Gasteiger partial charge < -0.3 is 25.3 Å². The molecule has 0 heterocycles. The van der Waals surface area contributed by atoms with Gasteiger partial charge in [-0.25, -0.2) is 4.79 Å². The first-order valence-corrected chi connectivity index (χ1v) is 7.61. The van der Waals surface area contributed by atoms with Crippen LogP contribution in [0.1, 0.15) is 32.1 Å². The maximum Gasteiger partial charge on any atom is 0.408 e. The summed E-state index contributed by atoms with van der Waals surface area (Å²) >= 11 is 0. The Bertz CT molecular complexity index is 338. The van der Waals surface area contributed by atoms with Crippen molar-refractivity contribution in [2.75, 3.05) is 39.5 Å². The van der Waals surface area contributed by atoms with Gasteiger partial charge in [-0.3, -0.25) is 0 Å². The zero-order valence-electron chi connectivity index (χ0n) is 12.6. The number of amides is 1. The van der Waals surface area contributed by atoms with E-state index in [9.17, 15) is 4.79 Å². The van der Waals surface area contributed by atoms with Crippen LogP contribution in [0, 0.1) is 11.8 Å². The van der Waals surface area contributed by atoms with Crippen LogP contribution in [0.25, 0.3) is 0 Å². The topological polar surface area (TPSA) is 82.8 Å². The molecule has 0 aromatic heterocycles. The van der Waals surface area contributed by atoms with E-state index in [-0.39, 0.29) is 6.10 Å². The number of hydrogen-bond acceptors (Lipinski definition) is 5. The molecular formula is C15H26N2O4. The number of ether oxygens (including phenoxy) is 3. The van der Waals surface area contributed by atoms with Crippen molar-refractivity contribution in [1.82, 2.24) is 5.32 Å². The van der Waals surface area contributed by atoms with Crippen LogP contribution in [-0.2, 0) is 14.2 Å². The zero-order valence-corrected chi connectivity index (χ0v) is 12.6. The molecule has 0 saturated carbocycles. The van der Waals surface area contributed by atoms with Gasteiger partial charge in [0.2, 0.25) is 0 Å². The van der Waals surface area contributed by atoms with Crippen LogP contribution < -0.4 is 11.1 Å². The van der Waals surface area contributed by atoms with Crippen molar-refractivity contribution in [2.45, 2.75) is 38.2 Å². The maximum absolute atomic E-state index is 11.6. The van der Waals surface area contributed by atoms with Gasteiger partial charge in [-0.1, -0.05) is 18.3 Å². The van der Waals surface area contributed by atoms with E-state index in [1.165, 1.54) is 0 Å². The Morgan fingerprint density at radius 2 is 1.95 bits per heavy atom. The third-order valence-corrected chi connectivity index (χ3v) is 2.93. The lowest BCUT2D eigenvalue weighted by Gasteiger charge is -2.14. The SMILES string of the molecule is NCCOCCOCCNC(=O)OC1C#CCCCCC1. The lowest BCUT2D eigenvalue weighted by molar-refractivity contribution is 0.0506. The van der Waals surface area contributed by atoms with Crippen LogP contribution in [0.15, 0.2) is 0 Å². The molecule has 0 aromatic carbocycles. The summed E-state index contributed by atoms with van der Waals surface area (Å²) in [5.41, 5.74) is 5.28. The molecule has 21 heavy (non-hydrogen) atoms. The molecule has 0 aromatic rings. The Morgan fingerprint density at radius 3 is 2.76 bits per heavy atom. The predicted octanol–water partition coefficient (Wildman–Crippen LogP) is 1.04. The quantitative estimate of drug-likeness (QED) is 0.491. The molecule has 6 nitrogen and oxygen atoms in total. The van der Waals surface area contributed by atoms with Gasteiger partial charge in [0.1, 0.15) is 0 Å². The fourth-order valence-corrected chi connectivity index (χ4v) is 1.87. The Morgan fingerprint density at radius 1 is 1.14 bits per heavy atom. The lowest BCUT2D eigenvalue weighted by atomic mass is 10.1. The third-order valence-electron chi connectivity index (χ3n) is 2.93. The van der Waals surface area contributed by atoms with Crippen LogP contribution in [0.5, 0.6) is 0 Å². The van der Waals surface area contributed by atoms with E-state index in [2.05, 4.69) is 17.2 Å². The first kappa shape index (κ1) is 17.8. The molecule has 6 heteroatoms. The first-order valence-electron chi connectivity index (χ1n) is 7.61. The molecule has 0 radical (unpaired) electrons. The molecule has 1 rings (SSSR count). The molecule has 1 atom stereocenters. The number of carbonyl (C=O) groups excluding carboxylic acids is 1. The summed E-state index contributed by atoms with van der Waals surface area (Å²) in [6.07, 6.45) is 4.33. The number of nitrogens with two attached hydrogens (primary N) is 1. The number of nitrogens with one attached hydrogen (secondary N) is 1. The second kappa shape index (κ2) is 12.5. The van der Waals surface area contributed by atoms with Gasteiger partial charge in [0, 0.05) is 19.5 Å². The molecule has 1 aliphatic rings. The van der Waals surface area contributed by atoms with Crippen LogP contribution >= 0.6 is 0 Å². The van der Waals surface area contributed by atoms with Gasteiger partial charge in [0.15, 0.2) is 6.10 Å². The highest BCUT2D eigenvalue weighted by molar-refractivity contribution is 5.67. The standard InChI is InChI=1S/C15H26N2O4/c16-8-10-19-12-13-20-11-9-17-15(18)21-14-6-4-2-1-3-5-7-14/h14H,1-4,6,8-13,16H2,(H,17,18). The molecular weight excluding hydrogens is 272 g/mol. The smallest absolute Gasteiger partial charge is 0.408 e. The lowest BCUT2D eigenvalue weighted by Crippen LogP contribution is -2.31. The molecule has 0 aliphatic heterocycles. The maximum atomic E-state index is 11.6. The molecule has 0 saturated heterocycles. The Hall–Kier alpha value is -1.29. The van der Waals surface area contributed by atoms with Crippen LogP contribution in [0.4, 0.5) is 4.79 Å². The highest BCUT2D eigenvalue weighted by Gasteiger charge is 2.12. The van der Waals surface area contributed by atoms with Gasteiger partial charge in [-0.15, -0.1) is 0 Å². The summed E-state index contributed by atoms with van der Waals surface area (Å²) in [5.74, 6) is 6.03. The molecule has 120 valence electrons. The monoisotopic (exact) mass is 298 g/mol. The molecule has 1 amide bonds. The Labute approximate surface area is 126 Å². The van der Waals surface area contributed by atoms with E-state index in [0.29, 0.717) is 39.5 Å². The largest absolute Gasteiger partial charge is 0.433 e. The van der Waals surface area contributed by atoms with Crippen molar-refractivity contribution in [3.05, 3.63) is 0 Å². The zero-order chi connectivity index (χ0) is 15.2. The number of rotatable bonds is 9. The Kier molecular flexibility index (Phi) is 10.5. The van der Waals surface area contributed by atoms with Crippen LogP contribution in [0.2, 0.25) is 0 Å². The fourth-order valence-electron chi connectivity index (χ4n) is 1.87. The fraction of sp³-hybridized carbons (Fsp3) is 0.800. The van der Waals surface area contributed by atoms with Crippen molar-refractivity contribution in [2.24, 2.45) is 5.73 Å². The average Bonchev–Trinajstić information content (AvgIpc) is 2.44. The molecule has 1 unspecified atom stereocenters. The number of alkyl carbamates (subject to hydrolysis) is 1. The average molecular weight is 298 g/mol. The highest BCUT2D eigenvalue weighted by atomic mass is 16.6. The molecule has 3 N–H and O–H groups in total. The van der Waals surface area contributed by atoms with Crippen LogP contribution in [0.3, 0.4) is 0 Å². The molecule has 1 aliphatic carbocycles. The van der Waals surface area contributed by atoms with E-state index in [1.54, 1.807) is 0 Å². The van der Waals surface area contributed by atoms with Gasteiger partial charge in [0.05, 0.1) is 26.4 Å². The van der Waals surface area contributed by atoms with E-state index in [4.69, 9.17) is 19.9 Å². The van der Waals surface area contributed by atoms with Crippen molar-refractivity contribution >= 4 is 6.09 Å². The van der Waals surface area contributed by atoms with E-state index in [1.807, 2.05) is 0 Å². The summed E-state index contributed by atoms with van der Waals surface area (Å²) in [7, 11) is 0. The first-order chi connectivity index (χ1) is 10.3. The molecule has 0 spiro atoms. The Balaban J connectivity index is 2.00. The second-order valence-electron chi connectivity index (χ2n) is 4.75. The van der Waals surface area contributed by atoms with Crippen molar-refractivity contribution in [3.63, 3.8) is 0 Å². The van der Waals surface area contributed by atoms with E-state index < -0.39 is 6.09 Å². The minimum Gasteiger partial charge on any atom is -0.433 e. The minimum atomic E-state index is -0.433. The normalized spacial score (nSPS) is 18.0. The van der Waals surface area contributed by atoms with Gasteiger partial charge in [-0.05, 0) is 19.3 Å². The summed E-state index contributed by atoms with van der Waals surface area (Å²) in [5, 5.41) is 2.65. The third kappa shape index (κ3) is 10.1. The predicted molar refractivity (Wildman–Crippen MR) is 79.8 cm³/mol. The van der Waals surface area contributed by atoms with Gasteiger partial charge in [-0.2, -0.15) is 0 Å². The molecule has 0 bridgehead atoms. The van der Waals surface area contributed by atoms with E-state index >= 15 is 0 Å². The number of carbonyl (C=O) groups is 1. The van der Waals surface area contributed by atoms with Crippen LogP contribution in [-0.4, -0.2) is 51.7 Å². The van der Waals surface area contributed by atoms with Gasteiger partial charge >= 0.3 is 6.09 Å². The summed E-state index contributed by atoms with van der Waals surface area (Å²) in [6, 6.07) is 0. The molecule has 0 fully saturated rings. The van der Waals surface area contributed by atoms with E-state index in [0.717, 1.165) is 32.1 Å². The summed E-state index contributed by atoms with van der Waals surface area (Å²) < 4.78 is 15.7. The number of hydrogen-bond donors (Lipinski definition) is 2. The summed E-state index contributed by atoms with van der Waals surface area (Å²) in [6.45, 7) is 2.89. The van der Waals surface area contributed by atoms with Gasteiger partial charge in [0.25, 0.3) is 0 Å². The van der Waals surface area contributed by atoms with Crippen molar-refractivity contribution in [1.29, 1.82) is 0 Å². The minimum absolute atomic E-state index is 0.282. The van der Waals surface area contributed by atoms with Crippen molar-refractivity contribution in [3.8, 4) is 11.8 Å². The van der Waals surface area contributed by atoms with Crippen molar-refractivity contribution < 1.29 is 19.0 Å².